The lowest BCUT2D eigenvalue weighted by molar-refractivity contribution is 1.66. The van der Waals surface area contributed by atoms with Crippen molar-refractivity contribution >= 4 is 49.8 Å². The van der Waals surface area contributed by atoms with Gasteiger partial charge >= 0.3 is 0 Å². The second-order valence-corrected chi connectivity index (χ2v) is 33.3. The molecule has 0 amide bonds. The zero-order valence-corrected chi connectivity index (χ0v) is 19.3. The summed E-state index contributed by atoms with van der Waals surface area (Å²) in [5.41, 5.74) is 1.11. The first kappa shape index (κ1) is 19.5. The summed E-state index contributed by atoms with van der Waals surface area (Å²) in [6, 6.07) is 21.5. The number of thiocarbonyl (C=S) groups is 1. The molecular weight excluding hydrogens is 361 g/mol. The van der Waals surface area contributed by atoms with Crippen LogP contribution in [-0.2, 0) is 0 Å². The van der Waals surface area contributed by atoms with E-state index in [9.17, 15) is 0 Å². The normalized spacial score (nSPS) is 12.8. The average Bonchev–Trinajstić information content (AvgIpc) is 2.47. The van der Waals surface area contributed by atoms with Crippen LogP contribution in [0, 0.1) is 0 Å². The van der Waals surface area contributed by atoms with Crippen LogP contribution in [0.25, 0.3) is 0 Å². The Labute approximate surface area is 155 Å². The van der Waals surface area contributed by atoms with Crippen LogP contribution in [0.4, 0.5) is 5.69 Å². The lowest BCUT2D eigenvalue weighted by Crippen LogP contribution is -2.51. The van der Waals surface area contributed by atoms with Gasteiger partial charge in [-0.25, -0.2) is 0 Å². The molecule has 0 saturated carbocycles. The molecule has 1 N–H and O–H groups in total. The minimum absolute atomic E-state index is 1.11. The Balaban J connectivity index is 2.64. The molecule has 24 heavy (non-hydrogen) atoms. The highest BCUT2D eigenvalue weighted by Gasteiger charge is 2.64. The Morgan fingerprint density at radius 1 is 0.750 bits per heavy atom. The maximum absolute atomic E-state index is 6.16. The van der Waals surface area contributed by atoms with Gasteiger partial charge < -0.3 is 5.32 Å². The molecule has 0 aliphatic carbocycles. The van der Waals surface area contributed by atoms with Crippen LogP contribution in [0.1, 0.15) is 0 Å². The van der Waals surface area contributed by atoms with Gasteiger partial charge in [0.2, 0.25) is 20.2 Å². The Morgan fingerprint density at radius 2 is 1.17 bits per heavy atom. The lowest BCUT2D eigenvalue weighted by Gasteiger charge is -2.45. The quantitative estimate of drug-likeness (QED) is 0.360. The van der Waals surface area contributed by atoms with Crippen molar-refractivity contribution in [3.63, 3.8) is 0 Å². The Kier molecular flexibility index (Phi) is 5.86. The minimum atomic E-state index is -1.57. The molecule has 128 valence electrons. The first-order valence-electron chi connectivity index (χ1n) is 8.42. The zero-order chi connectivity index (χ0) is 18.0. The fourth-order valence-electron chi connectivity index (χ4n) is 3.89. The second-order valence-electron chi connectivity index (χ2n) is 8.14. The molecule has 5 heteroatoms. The molecule has 0 atom stereocenters. The summed E-state index contributed by atoms with van der Waals surface area (Å²) in [6.07, 6.45) is -1.57. The second kappa shape index (κ2) is 7.21. The fraction of sp³-hybridized carbons (Fsp3) is 0.316. The molecular formula is C19H29NPSSi2+. The van der Waals surface area contributed by atoms with Crippen LogP contribution in [0.15, 0.2) is 60.7 Å². The molecule has 0 radical (unpaired) electrons. The van der Waals surface area contributed by atoms with Gasteiger partial charge in [0.1, 0.15) is 0 Å². The topological polar surface area (TPSA) is 12.0 Å². The summed E-state index contributed by atoms with van der Waals surface area (Å²) in [5, 5.41) is 5.14. The van der Waals surface area contributed by atoms with Crippen LogP contribution in [0.3, 0.4) is 0 Å². The van der Waals surface area contributed by atoms with Crippen LogP contribution in [-0.4, -0.2) is 20.2 Å². The van der Waals surface area contributed by atoms with Crippen LogP contribution in [0.5, 0.6) is 0 Å². The third-order valence-corrected chi connectivity index (χ3v) is 39.2. The van der Waals surface area contributed by atoms with Crippen molar-refractivity contribution in [2.24, 2.45) is 0 Å². The first-order valence-corrected chi connectivity index (χ1v) is 19.3. The van der Waals surface area contributed by atoms with E-state index in [0.29, 0.717) is 0 Å². The molecule has 0 aliphatic heterocycles. The summed E-state index contributed by atoms with van der Waals surface area (Å²) in [5.74, 6) is 0. The molecule has 0 fully saturated rings. The molecule has 0 unspecified atom stereocenters. The fourth-order valence-corrected chi connectivity index (χ4v) is 48.9. The predicted molar refractivity (Wildman–Crippen MR) is 122 cm³/mol. The third kappa shape index (κ3) is 3.57. The van der Waals surface area contributed by atoms with E-state index in [2.05, 4.69) is 99.2 Å². The highest BCUT2D eigenvalue weighted by atomic mass is 32.1. The molecule has 2 aromatic carbocycles. The summed E-state index contributed by atoms with van der Waals surface area (Å²) < 4.78 is 1.11. The van der Waals surface area contributed by atoms with Crippen LogP contribution >= 0.6 is 18.6 Å². The molecule has 0 heterocycles. The maximum Gasteiger partial charge on any atom is 0.222 e. The molecule has 0 spiro atoms. The van der Waals surface area contributed by atoms with E-state index in [0.717, 1.165) is 10.4 Å². The largest absolute Gasteiger partial charge is 0.319 e. The van der Waals surface area contributed by atoms with Gasteiger partial charge in [-0.1, -0.05) is 36.4 Å². The molecule has 2 aromatic rings. The molecule has 1 nitrogen and oxygen atoms in total. The number of benzene rings is 2. The predicted octanol–water partition coefficient (Wildman–Crippen LogP) is 6.40. The van der Waals surface area contributed by atoms with Crippen molar-refractivity contribution in [1.29, 1.82) is 0 Å². The van der Waals surface area contributed by atoms with Crippen molar-refractivity contribution in [2.45, 2.75) is 39.3 Å². The highest BCUT2D eigenvalue weighted by Crippen LogP contribution is 2.72. The summed E-state index contributed by atoms with van der Waals surface area (Å²) >= 11 is 6.16. The average molecular weight is 391 g/mol. The van der Waals surface area contributed by atoms with Gasteiger partial charge in [-0.15, -0.1) is 0 Å². The van der Waals surface area contributed by atoms with Gasteiger partial charge in [-0.05, 0) is 75.8 Å². The number of hydrogen-bond acceptors (Lipinski definition) is 1. The zero-order valence-electron chi connectivity index (χ0n) is 15.6. The number of rotatable bonds is 5. The first-order chi connectivity index (χ1) is 11.1. The smallest absolute Gasteiger partial charge is 0.222 e. The van der Waals surface area contributed by atoms with Gasteiger partial charge in [0.15, 0.2) is 0 Å². The molecule has 0 saturated heterocycles. The number of nitrogens with one attached hydrogen (secondary N) is 1. The van der Waals surface area contributed by atoms with E-state index >= 15 is 0 Å². The van der Waals surface area contributed by atoms with Crippen LogP contribution in [0.2, 0.25) is 39.3 Å². The Bertz CT molecular complexity index is 677. The van der Waals surface area contributed by atoms with E-state index < -0.39 is 21.8 Å². The van der Waals surface area contributed by atoms with E-state index in [4.69, 9.17) is 12.2 Å². The SMILES string of the molecule is C[Si](C)(C)[P+](C(=S)Nc1ccccc1)(c1ccccc1)[Si](C)(C)C. The number of hydrogen-bond donors (Lipinski definition) is 1. The van der Waals surface area contributed by atoms with E-state index in [1.54, 1.807) is 0 Å². The molecule has 0 aliphatic rings. The third-order valence-electron chi connectivity index (χ3n) is 4.49. The summed E-state index contributed by atoms with van der Waals surface area (Å²) in [6.45, 7) is 15.0. The summed E-state index contributed by atoms with van der Waals surface area (Å²) in [7, 11) is -3.12. The number of para-hydroxylation sites is 1. The maximum atomic E-state index is 6.16. The molecule has 2 rings (SSSR count). The summed E-state index contributed by atoms with van der Waals surface area (Å²) in [4.78, 5) is 0. The molecule has 0 aromatic heterocycles. The van der Waals surface area contributed by atoms with Crippen molar-refractivity contribution < 1.29 is 0 Å². The van der Waals surface area contributed by atoms with Crippen molar-refractivity contribution in [2.75, 3.05) is 5.32 Å². The van der Waals surface area contributed by atoms with Gasteiger partial charge in [0.25, 0.3) is 0 Å². The minimum Gasteiger partial charge on any atom is -0.319 e. The van der Waals surface area contributed by atoms with Gasteiger partial charge in [0.05, 0.1) is 5.30 Å². The standard InChI is InChI=1S/C19H28NPSSi2/c1-23(2,3)21(24(4,5)6,18-15-11-8-12-16-18)19(22)20-17-13-9-7-10-14-17/h7-16H,1-6H3/p+1. The van der Waals surface area contributed by atoms with Gasteiger partial charge in [-0.3, -0.25) is 0 Å². The highest BCUT2D eigenvalue weighted by molar-refractivity contribution is 8.46. The van der Waals surface area contributed by atoms with E-state index in [-0.39, 0.29) is 0 Å². The Morgan fingerprint density at radius 3 is 1.58 bits per heavy atom. The van der Waals surface area contributed by atoms with E-state index in [1.807, 2.05) is 6.07 Å². The van der Waals surface area contributed by atoms with Gasteiger partial charge in [-0.2, -0.15) is 0 Å². The lowest BCUT2D eigenvalue weighted by atomic mass is 10.3. The monoisotopic (exact) mass is 390 g/mol. The Hall–Kier alpha value is -0.806. The number of anilines is 1. The van der Waals surface area contributed by atoms with Gasteiger partial charge in [0, 0.05) is 12.0 Å². The molecule has 0 bridgehead atoms. The van der Waals surface area contributed by atoms with Crippen molar-refractivity contribution in [1.82, 2.24) is 0 Å². The van der Waals surface area contributed by atoms with Crippen LogP contribution < -0.4 is 10.6 Å². The van der Waals surface area contributed by atoms with Crippen molar-refractivity contribution in [3.8, 4) is 0 Å². The van der Waals surface area contributed by atoms with Crippen molar-refractivity contribution in [3.05, 3.63) is 60.7 Å². The van der Waals surface area contributed by atoms with E-state index in [1.165, 1.54) is 5.30 Å².